The summed E-state index contributed by atoms with van der Waals surface area (Å²) in [5.41, 5.74) is 0. The van der Waals surface area contributed by atoms with Gasteiger partial charge in [0.25, 0.3) is 0 Å². The quantitative estimate of drug-likeness (QED) is 0.723. The van der Waals surface area contributed by atoms with Crippen LogP contribution in [0.25, 0.3) is 0 Å². The molecule has 1 amide bonds. The Labute approximate surface area is 135 Å². The predicted octanol–water partition coefficient (Wildman–Crippen LogP) is 1.62. The van der Waals surface area contributed by atoms with Crippen LogP contribution in [0.5, 0.6) is 0 Å². The van der Waals surface area contributed by atoms with Crippen LogP contribution < -0.4 is 0 Å². The Hall–Kier alpha value is -0.300. The molecule has 0 radical (unpaired) electrons. The summed E-state index contributed by atoms with van der Waals surface area (Å²) >= 11 is 12.2. The predicted molar refractivity (Wildman–Crippen MR) is 83.9 cm³/mol. The van der Waals surface area contributed by atoms with E-state index in [1.54, 1.807) is 4.90 Å². The fourth-order valence-electron chi connectivity index (χ4n) is 2.83. The molecule has 1 aliphatic carbocycles. The van der Waals surface area contributed by atoms with Crippen molar-refractivity contribution in [2.24, 2.45) is 5.92 Å². The third-order valence-corrected chi connectivity index (χ3v) is 6.80. The first-order valence-corrected chi connectivity index (χ1v) is 9.42. The summed E-state index contributed by atoms with van der Waals surface area (Å²) in [5, 5.41) is 0.715. The lowest BCUT2D eigenvalue weighted by Crippen LogP contribution is -2.52. The summed E-state index contributed by atoms with van der Waals surface area (Å²) in [6.45, 7) is 4.78. The molecule has 1 saturated carbocycles. The molecule has 21 heavy (non-hydrogen) atoms. The van der Waals surface area contributed by atoms with Gasteiger partial charge in [-0.15, -0.1) is 23.2 Å². The third kappa shape index (κ3) is 3.92. The molecule has 1 saturated heterocycles. The summed E-state index contributed by atoms with van der Waals surface area (Å²) in [6, 6.07) is 0. The van der Waals surface area contributed by atoms with Crippen LogP contribution in [0.2, 0.25) is 0 Å². The van der Waals surface area contributed by atoms with Crippen molar-refractivity contribution in [2.45, 2.75) is 30.0 Å². The van der Waals surface area contributed by atoms with Crippen molar-refractivity contribution < 1.29 is 13.2 Å². The van der Waals surface area contributed by atoms with E-state index in [0.717, 1.165) is 18.2 Å². The highest BCUT2D eigenvalue weighted by Crippen LogP contribution is 2.32. The molecule has 1 heterocycles. The second-order valence-electron chi connectivity index (χ2n) is 5.48. The number of sulfonamides is 1. The van der Waals surface area contributed by atoms with E-state index in [-0.39, 0.29) is 22.6 Å². The molecular formula is C13H20Cl2N2O3S. The Morgan fingerprint density at radius 1 is 1.10 bits per heavy atom. The topological polar surface area (TPSA) is 57.7 Å². The maximum atomic E-state index is 12.5. The highest BCUT2D eigenvalue weighted by Gasteiger charge is 2.35. The van der Waals surface area contributed by atoms with Crippen molar-refractivity contribution in [2.75, 3.05) is 26.2 Å². The van der Waals surface area contributed by atoms with E-state index in [1.807, 2.05) is 0 Å². The van der Waals surface area contributed by atoms with E-state index < -0.39 is 10.0 Å². The fraction of sp³-hybridized carbons (Fsp3) is 0.769. The van der Waals surface area contributed by atoms with Crippen molar-refractivity contribution >= 4 is 39.1 Å². The van der Waals surface area contributed by atoms with Crippen molar-refractivity contribution in [1.29, 1.82) is 0 Å². The summed E-state index contributed by atoms with van der Waals surface area (Å²) < 4.78 is 24.7. The normalized spacial score (nSPS) is 31.9. The fourth-order valence-corrected chi connectivity index (χ4v) is 4.28. The van der Waals surface area contributed by atoms with Gasteiger partial charge in [-0.2, -0.15) is 4.31 Å². The van der Waals surface area contributed by atoms with Gasteiger partial charge >= 0.3 is 0 Å². The monoisotopic (exact) mass is 354 g/mol. The lowest BCUT2D eigenvalue weighted by Gasteiger charge is -2.37. The lowest BCUT2D eigenvalue weighted by atomic mass is 9.87. The zero-order chi connectivity index (χ0) is 15.6. The van der Waals surface area contributed by atoms with Gasteiger partial charge in [-0.3, -0.25) is 4.79 Å². The number of carbonyl (C=O) groups is 1. The summed E-state index contributed by atoms with van der Waals surface area (Å²) in [7, 11) is -3.39. The van der Waals surface area contributed by atoms with Gasteiger partial charge in [0, 0.05) is 42.9 Å². The Morgan fingerprint density at radius 3 is 2.24 bits per heavy atom. The van der Waals surface area contributed by atoms with Crippen LogP contribution in [0.3, 0.4) is 0 Å². The van der Waals surface area contributed by atoms with Gasteiger partial charge in [0.2, 0.25) is 15.9 Å². The lowest BCUT2D eigenvalue weighted by molar-refractivity contribution is -0.137. The molecule has 0 aromatic carbocycles. The average molecular weight is 355 g/mol. The molecule has 3 atom stereocenters. The molecule has 3 unspecified atom stereocenters. The largest absolute Gasteiger partial charge is 0.340 e. The minimum atomic E-state index is -3.39. The van der Waals surface area contributed by atoms with Gasteiger partial charge in [0.05, 0.1) is 5.38 Å². The number of nitrogens with zero attached hydrogens (tertiary/aromatic N) is 2. The van der Waals surface area contributed by atoms with Crippen LogP contribution >= 0.6 is 23.2 Å². The number of halogens is 2. The molecule has 0 N–H and O–H groups in total. The number of piperazine rings is 1. The van der Waals surface area contributed by atoms with E-state index in [2.05, 4.69) is 6.58 Å². The maximum Gasteiger partial charge on any atom is 0.235 e. The maximum absolute atomic E-state index is 12.5. The smallest absolute Gasteiger partial charge is 0.235 e. The summed E-state index contributed by atoms with van der Waals surface area (Å²) in [4.78, 5) is 14.2. The van der Waals surface area contributed by atoms with Crippen LogP contribution in [-0.4, -0.2) is 60.5 Å². The first-order chi connectivity index (χ1) is 9.85. The first-order valence-electron chi connectivity index (χ1n) is 7.04. The van der Waals surface area contributed by atoms with Gasteiger partial charge in [0.1, 0.15) is 0 Å². The first kappa shape index (κ1) is 17.1. The number of carbonyl (C=O) groups excluding carboxylic acids is 1. The molecule has 5 nitrogen and oxygen atoms in total. The van der Waals surface area contributed by atoms with Gasteiger partial charge in [-0.05, 0) is 19.3 Å². The minimum absolute atomic E-state index is 0.0645. The molecule has 8 heteroatoms. The van der Waals surface area contributed by atoms with Crippen LogP contribution in [0.1, 0.15) is 19.3 Å². The third-order valence-electron chi connectivity index (χ3n) is 4.16. The molecule has 0 aromatic heterocycles. The molecule has 1 aliphatic heterocycles. The van der Waals surface area contributed by atoms with Crippen molar-refractivity contribution in [3.8, 4) is 0 Å². The Morgan fingerprint density at radius 2 is 1.71 bits per heavy atom. The Bertz CT molecular complexity index is 504. The number of rotatable bonds is 3. The number of amides is 1. The second-order valence-corrected chi connectivity index (χ2v) is 8.48. The van der Waals surface area contributed by atoms with Crippen LogP contribution in [0, 0.1) is 5.92 Å². The number of alkyl halides is 2. The highest BCUT2D eigenvalue weighted by molar-refractivity contribution is 7.92. The number of hydrogen-bond donors (Lipinski definition) is 0. The standard InChI is InChI=1S/C13H20Cl2N2O3S/c1-2-21(19,20)17-7-5-16(6-8-17)13(18)10-3-4-11(14)12(15)9-10/h2,10-12H,1,3-9H2. The van der Waals surface area contributed by atoms with E-state index in [4.69, 9.17) is 23.2 Å². The Kier molecular flexibility index (Phi) is 5.57. The zero-order valence-corrected chi connectivity index (χ0v) is 14.1. The molecular weight excluding hydrogens is 335 g/mol. The summed E-state index contributed by atoms with van der Waals surface area (Å²) in [6.07, 6.45) is 2.10. The van der Waals surface area contributed by atoms with E-state index in [1.165, 1.54) is 4.31 Å². The zero-order valence-electron chi connectivity index (χ0n) is 11.7. The van der Waals surface area contributed by atoms with Crippen LogP contribution in [-0.2, 0) is 14.8 Å². The number of hydrogen-bond acceptors (Lipinski definition) is 3. The molecule has 2 rings (SSSR count). The van der Waals surface area contributed by atoms with Crippen LogP contribution in [0.4, 0.5) is 0 Å². The summed E-state index contributed by atoms with van der Waals surface area (Å²) in [5.74, 6) is -0.0232. The molecule has 2 aliphatic rings. The van der Waals surface area contributed by atoms with E-state index in [9.17, 15) is 13.2 Å². The van der Waals surface area contributed by atoms with Crippen molar-refractivity contribution in [1.82, 2.24) is 9.21 Å². The van der Waals surface area contributed by atoms with Crippen molar-refractivity contribution in [3.63, 3.8) is 0 Å². The molecule has 0 aromatic rings. The van der Waals surface area contributed by atoms with Crippen molar-refractivity contribution in [3.05, 3.63) is 12.0 Å². The van der Waals surface area contributed by atoms with Gasteiger partial charge < -0.3 is 4.90 Å². The molecule has 120 valence electrons. The van der Waals surface area contributed by atoms with Gasteiger partial charge in [0.15, 0.2) is 0 Å². The SMILES string of the molecule is C=CS(=O)(=O)N1CCN(C(=O)C2CCC(Cl)C(Cl)C2)CC1. The van der Waals surface area contributed by atoms with E-state index in [0.29, 0.717) is 32.6 Å². The van der Waals surface area contributed by atoms with Gasteiger partial charge in [-0.25, -0.2) is 8.42 Å². The van der Waals surface area contributed by atoms with Crippen LogP contribution in [0.15, 0.2) is 12.0 Å². The Balaban J connectivity index is 1.90. The second kappa shape index (κ2) is 6.86. The van der Waals surface area contributed by atoms with Gasteiger partial charge in [-0.1, -0.05) is 6.58 Å². The molecule has 2 fully saturated rings. The average Bonchev–Trinajstić information content (AvgIpc) is 2.49. The minimum Gasteiger partial charge on any atom is -0.340 e. The molecule has 0 spiro atoms. The van der Waals surface area contributed by atoms with E-state index >= 15 is 0 Å². The molecule has 0 bridgehead atoms. The highest BCUT2D eigenvalue weighted by atomic mass is 35.5.